The fourth-order valence-electron chi connectivity index (χ4n) is 2.06. The molecule has 0 bridgehead atoms. The molecule has 0 aliphatic rings. The minimum atomic E-state index is -0.429. The highest BCUT2D eigenvalue weighted by molar-refractivity contribution is 5.75. The van der Waals surface area contributed by atoms with Crippen molar-refractivity contribution in [2.45, 2.75) is 20.3 Å². The van der Waals surface area contributed by atoms with Crippen LogP contribution in [0.15, 0.2) is 18.2 Å². The summed E-state index contributed by atoms with van der Waals surface area (Å²) < 4.78 is 0. The van der Waals surface area contributed by atoms with E-state index in [1.807, 2.05) is 0 Å². The standard InChI is InChI=1S/C13H23N5O2/c1-3-17(4-2)10-6-9-15-11-7-5-8-12(16-14)13(11)18(19)20/h5,7-8,15-16H,3-4,6,9-10,14H2,1-2H3. The number of hydrogen-bond acceptors (Lipinski definition) is 6. The normalized spacial score (nSPS) is 10.6. The first-order chi connectivity index (χ1) is 9.63. The number of rotatable bonds is 9. The summed E-state index contributed by atoms with van der Waals surface area (Å²) in [6.45, 7) is 7.94. The van der Waals surface area contributed by atoms with E-state index in [9.17, 15) is 10.1 Å². The summed E-state index contributed by atoms with van der Waals surface area (Å²) in [5, 5.41) is 14.2. The van der Waals surface area contributed by atoms with E-state index >= 15 is 0 Å². The minimum Gasteiger partial charge on any atom is -0.379 e. The average molecular weight is 281 g/mol. The minimum absolute atomic E-state index is 0.0159. The van der Waals surface area contributed by atoms with Crippen molar-refractivity contribution >= 4 is 17.1 Å². The molecule has 1 aromatic carbocycles. The Bertz CT molecular complexity index is 435. The highest BCUT2D eigenvalue weighted by Crippen LogP contribution is 2.31. The van der Waals surface area contributed by atoms with Crippen molar-refractivity contribution in [1.29, 1.82) is 0 Å². The lowest BCUT2D eigenvalue weighted by Gasteiger charge is -2.18. The second kappa shape index (κ2) is 8.34. The van der Waals surface area contributed by atoms with E-state index in [2.05, 4.69) is 29.5 Å². The molecule has 7 heteroatoms. The van der Waals surface area contributed by atoms with Crippen molar-refractivity contribution in [2.24, 2.45) is 5.84 Å². The second-order valence-corrected chi connectivity index (χ2v) is 4.41. The maximum absolute atomic E-state index is 11.1. The first-order valence-corrected chi connectivity index (χ1v) is 6.84. The molecular weight excluding hydrogens is 258 g/mol. The molecule has 0 unspecified atom stereocenters. The summed E-state index contributed by atoms with van der Waals surface area (Å²) in [4.78, 5) is 13.0. The number of para-hydroxylation sites is 1. The van der Waals surface area contributed by atoms with E-state index in [4.69, 9.17) is 5.84 Å². The van der Waals surface area contributed by atoms with Gasteiger partial charge in [0.1, 0.15) is 11.4 Å². The molecule has 0 aliphatic carbocycles. The molecule has 0 heterocycles. The number of nitro groups is 1. The number of nitrogens with zero attached hydrogens (tertiary/aromatic N) is 2. The quantitative estimate of drug-likeness (QED) is 0.277. The molecule has 0 atom stereocenters. The number of nitrogens with one attached hydrogen (secondary N) is 2. The van der Waals surface area contributed by atoms with Gasteiger partial charge in [-0.05, 0) is 38.2 Å². The molecule has 1 aromatic rings. The molecule has 7 nitrogen and oxygen atoms in total. The Balaban J connectivity index is 2.62. The SMILES string of the molecule is CCN(CC)CCCNc1cccc(NN)c1[N+](=O)[O-]. The Morgan fingerprint density at radius 3 is 2.50 bits per heavy atom. The van der Waals surface area contributed by atoms with Gasteiger partial charge in [-0.2, -0.15) is 0 Å². The number of benzene rings is 1. The zero-order chi connectivity index (χ0) is 15.0. The van der Waals surface area contributed by atoms with E-state index in [0.717, 1.165) is 26.1 Å². The number of hydrazine groups is 1. The number of nitro benzene ring substituents is 1. The van der Waals surface area contributed by atoms with Crippen molar-refractivity contribution < 1.29 is 4.92 Å². The van der Waals surface area contributed by atoms with Crippen LogP contribution in [0.2, 0.25) is 0 Å². The summed E-state index contributed by atoms with van der Waals surface area (Å²) >= 11 is 0. The second-order valence-electron chi connectivity index (χ2n) is 4.41. The topological polar surface area (TPSA) is 96.5 Å². The summed E-state index contributed by atoms with van der Waals surface area (Å²) in [5.74, 6) is 5.30. The largest absolute Gasteiger partial charge is 0.379 e. The third-order valence-corrected chi connectivity index (χ3v) is 3.24. The zero-order valence-electron chi connectivity index (χ0n) is 12.1. The van der Waals surface area contributed by atoms with Gasteiger partial charge in [0.25, 0.3) is 0 Å². The van der Waals surface area contributed by atoms with Crippen LogP contribution >= 0.6 is 0 Å². The molecule has 112 valence electrons. The van der Waals surface area contributed by atoms with Crippen molar-refractivity contribution in [1.82, 2.24) is 4.90 Å². The molecule has 20 heavy (non-hydrogen) atoms. The van der Waals surface area contributed by atoms with Crippen molar-refractivity contribution in [3.8, 4) is 0 Å². The Morgan fingerprint density at radius 1 is 1.30 bits per heavy atom. The number of anilines is 2. The number of hydrogen-bond donors (Lipinski definition) is 3. The summed E-state index contributed by atoms with van der Waals surface area (Å²) in [6.07, 6.45) is 0.930. The van der Waals surface area contributed by atoms with Crippen LogP contribution in [0.5, 0.6) is 0 Å². The van der Waals surface area contributed by atoms with Crippen LogP contribution < -0.4 is 16.6 Å². The predicted octanol–water partition coefficient (Wildman–Crippen LogP) is 2.02. The molecule has 0 aliphatic heterocycles. The molecule has 1 rings (SSSR count). The molecule has 0 saturated heterocycles. The Labute approximate surface area is 119 Å². The first-order valence-electron chi connectivity index (χ1n) is 6.84. The number of nitrogen functional groups attached to an aromatic ring is 1. The van der Waals surface area contributed by atoms with Crippen LogP contribution in [0.25, 0.3) is 0 Å². The van der Waals surface area contributed by atoms with E-state index in [0.29, 0.717) is 17.9 Å². The monoisotopic (exact) mass is 281 g/mol. The van der Waals surface area contributed by atoms with Crippen LogP contribution in [-0.2, 0) is 0 Å². The molecule has 0 amide bonds. The van der Waals surface area contributed by atoms with Crippen LogP contribution in [0.4, 0.5) is 17.1 Å². The van der Waals surface area contributed by atoms with Crippen molar-refractivity contribution in [3.63, 3.8) is 0 Å². The Morgan fingerprint density at radius 2 is 1.95 bits per heavy atom. The highest BCUT2D eigenvalue weighted by atomic mass is 16.6. The van der Waals surface area contributed by atoms with E-state index in [1.54, 1.807) is 18.2 Å². The Hall–Kier alpha value is -1.86. The van der Waals surface area contributed by atoms with E-state index in [1.165, 1.54) is 0 Å². The first kappa shape index (κ1) is 16.2. The van der Waals surface area contributed by atoms with Gasteiger partial charge in [0.15, 0.2) is 0 Å². The third kappa shape index (κ3) is 4.36. The lowest BCUT2D eigenvalue weighted by Crippen LogP contribution is -2.25. The van der Waals surface area contributed by atoms with Gasteiger partial charge in [0.2, 0.25) is 0 Å². The zero-order valence-corrected chi connectivity index (χ0v) is 12.1. The summed E-state index contributed by atoms with van der Waals surface area (Å²) in [7, 11) is 0. The molecule has 0 saturated carbocycles. The van der Waals surface area contributed by atoms with Gasteiger partial charge in [-0.15, -0.1) is 0 Å². The molecule has 0 aromatic heterocycles. The maximum Gasteiger partial charge on any atom is 0.316 e. The highest BCUT2D eigenvalue weighted by Gasteiger charge is 2.18. The van der Waals surface area contributed by atoms with E-state index in [-0.39, 0.29) is 5.69 Å². The van der Waals surface area contributed by atoms with Gasteiger partial charge in [-0.1, -0.05) is 19.9 Å². The maximum atomic E-state index is 11.1. The van der Waals surface area contributed by atoms with Gasteiger partial charge in [-0.25, -0.2) is 0 Å². The van der Waals surface area contributed by atoms with Gasteiger partial charge in [0, 0.05) is 6.54 Å². The van der Waals surface area contributed by atoms with Crippen LogP contribution in [0.3, 0.4) is 0 Å². The van der Waals surface area contributed by atoms with Crippen molar-refractivity contribution in [3.05, 3.63) is 28.3 Å². The van der Waals surface area contributed by atoms with Crippen LogP contribution in [0.1, 0.15) is 20.3 Å². The molecule has 0 spiro atoms. The predicted molar refractivity (Wildman–Crippen MR) is 81.8 cm³/mol. The Kier molecular flexibility index (Phi) is 6.75. The number of nitrogens with two attached hydrogens (primary N) is 1. The fourth-order valence-corrected chi connectivity index (χ4v) is 2.06. The lowest BCUT2D eigenvalue weighted by atomic mass is 10.2. The fraction of sp³-hybridized carbons (Fsp3) is 0.538. The van der Waals surface area contributed by atoms with Gasteiger partial charge in [-0.3, -0.25) is 16.0 Å². The van der Waals surface area contributed by atoms with Crippen LogP contribution in [0, 0.1) is 10.1 Å². The summed E-state index contributed by atoms with van der Waals surface area (Å²) in [5.41, 5.74) is 3.14. The smallest absolute Gasteiger partial charge is 0.316 e. The van der Waals surface area contributed by atoms with E-state index < -0.39 is 4.92 Å². The molecule has 4 N–H and O–H groups in total. The van der Waals surface area contributed by atoms with Crippen molar-refractivity contribution in [2.75, 3.05) is 36.9 Å². The average Bonchev–Trinajstić information content (AvgIpc) is 2.46. The molecular formula is C13H23N5O2. The lowest BCUT2D eigenvalue weighted by molar-refractivity contribution is -0.383. The molecule has 0 fully saturated rings. The third-order valence-electron chi connectivity index (χ3n) is 3.24. The summed E-state index contributed by atoms with van der Waals surface area (Å²) in [6, 6.07) is 5.00. The van der Waals surface area contributed by atoms with Gasteiger partial charge < -0.3 is 15.6 Å². The van der Waals surface area contributed by atoms with Gasteiger partial charge >= 0.3 is 5.69 Å². The van der Waals surface area contributed by atoms with Gasteiger partial charge in [0.05, 0.1) is 4.92 Å². The molecule has 0 radical (unpaired) electrons. The van der Waals surface area contributed by atoms with Crippen LogP contribution in [-0.4, -0.2) is 36.0 Å².